The van der Waals surface area contributed by atoms with Gasteiger partial charge >= 0.3 is 0 Å². The molecule has 0 saturated carbocycles. The molecule has 0 aromatic heterocycles. The van der Waals surface area contributed by atoms with E-state index >= 15 is 0 Å². The van der Waals surface area contributed by atoms with E-state index in [9.17, 15) is 4.79 Å². The molecule has 0 aromatic carbocycles. The number of halogens is 2. The van der Waals surface area contributed by atoms with Gasteiger partial charge in [0, 0.05) is 69.1 Å². The summed E-state index contributed by atoms with van der Waals surface area (Å²) in [5, 5.41) is 0. The Kier molecular flexibility index (Phi) is 18.4. The van der Waals surface area contributed by atoms with Crippen LogP contribution in [0.5, 0.6) is 0 Å². The van der Waals surface area contributed by atoms with E-state index in [1.807, 2.05) is 13.6 Å². The third-order valence-corrected chi connectivity index (χ3v) is 3.73. The van der Waals surface area contributed by atoms with Crippen LogP contribution in [0.25, 0.3) is 0 Å². The fraction of sp³-hybridized carbons (Fsp3) is 0.786. The van der Waals surface area contributed by atoms with Crippen molar-refractivity contribution in [3.8, 4) is 0 Å². The Labute approximate surface area is 175 Å². The molecule has 0 radical (unpaired) electrons. The van der Waals surface area contributed by atoms with Gasteiger partial charge in [0.05, 0.1) is 5.92 Å². The first kappa shape index (κ1) is 25.6. The summed E-state index contributed by atoms with van der Waals surface area (Å²) in [6, 6.07) is 0. The van der Waals surface area contributed by atoms with Crippen molar-refractivity contribution in [3.05, 3.63) is 11.6 Å². The van der Waals surface area contributed by atoms with Crippen molar-refractivity contribution in [2.75, 3.05) is 51.7 Å². The summed E-state index contributed by atoms with van der Waals surface area (Å²) in [4.78, 5) is 16.4. The topological polar surface area (TPSA) is 23.6 Å². The first-order valence-electron chi connectivity index (χ1n) is 7.08. The van der Waals surface area contributed by atoms with Gasteiger partial charge in [-0.25, -0.2) is 0 Å². The molecular formula is C14H26Cl2N2OPSU+. The largest absolute Gasteiger partial charge is 0.340 e. The molecule has 0 saturated heterocycles. The van der Waals surface area contributed by atoms with Crippen LogP contribution in [0.15, 0.2) is 11.6 Å². The van der Waals surface area contributed by atoms with Gasteiger partial charge in [0.1, 0.15) is 6.66 Å². The van der Waals surface area contributed by atoms with Crippen LogP contribution in [0.2, 0.25) is 0 Å². The van der Waals surface area contributed by atoms with E-state index < -0.39 is 0 Å². The fourth-order valence-electron chi connectivity index (χ4n) is 2.15. The normalized spacial score (nSPS) is 16.0. The Bertz CT molecular complexity index is 356. The van der Waals surface area contributed by atoms with Crippen molar-refractivity contribution >= 4 is 48.3 Å². The Morgan fingerprint density at radius 3 is 2.32 bits per heavy atom. The fourth-order valence-corrected chi connectivity index (χ4v) is 2.56. The summed E-state index contributed by atoms with van der Waals surface area (Å²) in [5.74, 6) is 1.01. The quantitative estimate of drug-likeness (QED) is 0.263. The van der Waals surface area contributed by atoms with Crippen LogP contribution in [0.3, 0.4) is 0 Å². The number of amides is 1. The molecule has 8 heteroatoms. The van der Waals surface area contributed by atoms with Crippen molar-refractivity contribution < 1.29 is 35.9 Å². The number of hydrogen-bond donors (Lipinski definition) is 0. The minimum absolute atomic E-state index is 0. The third kappa shape index (κ3) is 10.2. The summed E-state index contributed by atoms with van der Waals surface area (Å²) < 4.78 is 0. The molecule has 2 unspecified atom stereocenters. The molecule has 1 aliphatic rings. The summed E-state index contributed by atoms with van der Waals surface area (Å²) in [7, 11) is 2.76. The van der Waals surface area contributed by atoms with E-state index in [2.05, 4.69) is 29.8 Å². The van der Waals surface area contributed by atoms with Gasteiger partial charge in [-0.3, -0.25) is 4.79 Å². The molecule has 0 bridgehead atoms. The van der Waals surface area contributed by atoms with E-state index in [-0.39, 0.29) is 42.9 Å². The summed E-state index contributed by atoms with van der Waals surface area (Å²) in [6.45, 7) is 7.05. The number of likely N-dealkylation sites (N-methyl/N-ethyl adjacent to an activating group) is 1. The predicted octanol–water partition coefficient (Wildman–Crippen LogP) is 2.95. The van der Waals surface area contributed by atoms with Gasteiger partial charge in [-0.15, -0.1) is 23.2 Å². The van der Waals surface area contributed by atoms with Crippen molar-refractivity contribution in [1.82, 2.24) is 9.80 Å². The maximum atomic E-state index is 12.4. The standard InChI is InChI=1S/C13H22Cl2N2O.CH3PS.U/c1-11(12-3-7-16(2)8-4-12)13(18)17(9-5-14)10-6-15;1-2-3;/h3,11H,4-10H2,1-2H3;1H3;/p+1. The number of carbonyl (C=O) groups is 1. The van der Waals surface area contributed by atoms with Gasteiger partial charge < -0.3 is 9.80 Å². The molecule has 1 heterocycles. The van der Waals surface area contributed by atoms with Gasteiger partial charge in [-0.2, -0.15) is 0 Å². The van der Waals surface area contributed by atoms with Crippen molar-refractivity contribution in [2.24, 2.45) is 5.92 Å². The Balaban J connectivity index is 0. The summed E-state index contributed by atoms with van der Waals surface area (Å²) in [5.41, 5.74) is 1.24. The first-order valence-corrected chi connectivity index (χ1v) is 10.8. The van der Waals surface area contributed by atoms with Crippen LogP contribution in [0.1, 0.15) is 13.3 Å². The number of hydrogen-bond acceptors (Lipinski definition) is 3. The molecule has 0 N–H and O–H groups in total. The SMILES string of the molecule is CC(C(=O)N(CCCl)CCCl)C1=CCN(C)CC1.C[PH+]=S.[U]. The number of carbonyl (C=O) groups excluding carboxylic acids is 1. The molecule has 0 aliphatic carbocycles. The molecule has 0 aromatic rings. The molecule has 126 valence electrons. The van der Waals surface area contributed by atoms with Gasteiger partial charge in [0.15, 0.2) is 19.2 Å². The predicted molar refractivity (Wildman–Crippen MR) is 99.0 cm³/mol. The second-order valence-electron chi connectivity index (χ2n) is 4.92. The van der Waals surface area contributed by atoms with Crippen LogP contribution in [0.4, 0.5) is 0 Å². The van der Waals surface area contributed by atoms with Crippen LogP contribution in [-0.2, 0) is 16.6 Å². The Hall–Kier alpha value is 1.32. The number of alkyl halides is 2. The smallest absolute Gasteiger partial charge is 0.229 e. The molecule has 1 aliphatic heterocycles. The minimum Gasteiger partial charge on any atom is -0.340 e. The summed E-state index contributed by atoms with van der Waals surface area (Å²) in [6.07, 6.45) is 3.14. The molecular weight excluding hydrogens is 584 g/mol. The van der Waals surface area contributed by atoms with E-state index in [4.69, 9.17) is 23.2 Å². The zero-order chi connectivity index (χ0) is 16.3. The van der Waals surface area contributed by atoms with E-state index in [0.29, 0.717) is 32.2 Å². The Morgan fingerprint density at radius 1 is 1.45 bits per heavy atom. The molecule has 1 amide bonds. The minimum atomic E-state index is -0.0508. The monoisotopic (exact) mass is 609 g/mol. The molecule has 0 spiro atoms. The van der Waals surface area contributed by atoms with Crippen LogP contribution in [0, 0.1) is 37.0 Å². The van der Waals surface area contributed by atoms with E-state index in [1.165, 1.54) is 5.57 Å². The average molecular weight is 610 g/mol. The third-order valence-electron chi connectivity index (χ3n) is 3.39. The second kappa shape index (κ2) is 15.8. The van der Waals surface area contributed by atoms with Gasteiger partial charge in [0.25, 0.3) is 0 Å². The summed E-state index contributed by atoms with van der Waals surface area (Å²) >= 11 is 15.9. The molecule has 22 heavy (non-hydrogen) atoms. The number of rotatable bonds is 6. The molecule has 3 nitrogen and oxygen atoms in total. The van der Waals surface area contributed by atoms with Crippen molar-refractivity contribution in [1.29, 1.82) is 0 Å². The van der Waals surface area contributed by atoms with Crippen LogP contribution in [-0.4, -0.2) is 67.4 Å². The van der Waals surface area contributed by atoms with Crippen LogP contribution >= 0.6 is 30.6 Å². The first-order chi connectivity index (χ1) is 10.0. The second-order valence-corrected chi connectivity index (χ2v) is 7.31. The van der Waals surface area contributed by atoms with Crippen LogP contribution < -0.4 is 0 Å². The van der Waals surface area contributed by atoms with Gasteiger partial charge in [0.2, 0.25) is 5.91 Å². The molecule has 0 fully saturated rings. The van der Waals surface area contributed by atoms with Gasteiger partial charge in [-0.05, 0) is 20.4 Å². The maximum absolute atomic E-state index is 12.4. The van der Waals surface area contributed by atoms with E-state index in [1.54, 1.807) is 4.90 Å². The van der Waals surface area contributed by atoms with E-state index in [0.717, 1.165) is 19.5 Å². The number of nitrogens with zero attached hydrogens (tertiary/aromatic N) is 2. The van der Waals surface area contributed by atoms with Gasteiger partial charge in [-0.1, -0.05) is 11.6 Å². The Morgan fingerprint density at radius 2 is 1.95 bits per heavy atom. The van der Waals surface area contributed by atoms with Crippen molar-refractivity contribution in [2.45, 2.75) is 13.3 Å². The zero-order valence-electron chi connectivity index (χ0n) is 13.6. The molecule has 2 atom stereocenters. The van der Waals surface area contributed by atoms with Crippen molar-refractivity contribution in [3.63, 3.8) is 0 Å². The average Bonchev–Trinajstić information content (AvgIpc) is 2.47. The zero-order valence-corrected chi connectivity index (χ0v) is 21.1. The molecule has 1 rings (SSSR count). The maximum Gasteiger partial charge on any atom is 0.229 e.